The summed E-state index contributed by atoms with van der Waals surface area (Å²) < 4.78 is 10.5. The van der Waals surface area contributed by atoms with E-state index in [4.69, 9.17) is 9.47 Å². The average Bonchev–Trinajstić information content (AvgIpc) is 2.65. The third-order valence-corrected chi connectivity index (χ3v) is 3.99. The molecule has 0 fully saturated rings. The minimum atomic E-state index is -0.171. The second-order valence-corrected chi connectivity index (χ2v) is 5.83. The van der Waals surface area contributed by atoms with Crippen LogP contribution in [-0.4, -0.2) is 39.1 Å². The van der Waals surface area contributed by atoms with Gasteiger partial charge in [-0.3, -0.25) is 9.59 Å². The van der Waals surface area contributed by atoms with Gasteiger partial charge in [0.25, 0.3) is 5.91 Å². The van der Waals surface area contributed by atoms with Crippen LogP contribution in [0.3, 0.4) is 0 Å². The molecule has 2 aromatic rings. The van der Waals surface area contributed by atoms with Crippen molar-refractivity contribution in [2.45, 2.75) is 13.8 Å². The Hall–Kier alpha value is -3.02. The molecule has 0 unspecified atom stereocenters. The fourth-order valence-electron chi connectivity index (χ4n) is 2.54. The number of amides is 2. The predicted molar refractivity (Wildman–Crippen MR) is 101 cm³/mol. The maximum absolute atomic E-state index is 12.2. The number of hydrogen-bond acceptors (Lipinski definition) is 4. The first kappa shape index (κ1) is 19.3. The van der Waals surface area contributed by atoms with Crippen LogP contribution in [0.2, 0.25) is 0 Å². The molecule has 26 heavy (non-hydrogen) atoms. The number of ether oxygens (including phenoxy) is 2. The Bertz CT molecular complexity index is 772. The Labute approximate surface area is 153 Å². The first-order valence-corrected chi connectivity index (χ1v) is 8.31. The van der Waals surface area contributed by atoms with Crippen molar-refractivity contribution >= 4 is 17.5 Å². The van der Waals surface area contributed by atoms with Crippen molar-refractivity contribution < 1.29 is 19.1 Å². The lowest BCUT2D eigenvalue weighted by atomic mass is 10.1. The van der Waals surface area contributed by atoms with E-state index in [0.717, 1.165) is 5.56 Å². The number of benzene rings is 2. The molecule has 0 atom stereocenters. The highest BCUT2D eigenvalue weighted by molar-refractivity contribution is 5.95. The molecule has 0 aliphatic heterocycles. The fraction of sp³-hybridized carbons (Fsp3) is 0.300. The maximum Gasteiger partial charge on any atom is 0.251 e. The van der Waals surface area contributed by atoms with E-state index < -0.39 is 0 Å². The average molecular weight is 356 g/mol. The van der Waals surface area contributed by atoms with Crippen LogP contribution in [0.1, 0.15) is 22.8 Å². The summed E-state index contributed by atoms with van der Waals surface area (Å²) in [5.41, 5.74) is 2.31. The van der Waals surface area contributed by atoms with E-state index in [-0.39, 0.29) is 11.8 Å². The number of rotatable bonds is 7. The molecule has 0 aromatic heterocycles. The van der Waals surface area contributed by atoms with Gasteiger partial charge in [0.2, 0.25) is 5.91 Å². The standard InChI is InChI=1S/C20H24N2O4/c1-14-5-7-16(8-6-14)20(24)21-11-12-22(15(2)23)18-10-9-17(25-3)13-19(18)26-4/h5-10,13H,11-12H2,1-4H3,(H,21,24). The van der Waals surface area contributed by atoms with Gasteiger partial charge < -0.3 is 19.7 Å². The molecular weight excluding hydrogens is 332 g/mol. The molecule has 6 heteroatoms. The number of nitrogens with zero attached hydrogens (tertiary/aromatic N) is 1. The molecule has 2 aromatic carbocycles. The van der Waals surface area contributed by atoms with Crippen molar-refractivity contribution in [1.29, 1.82) is 0 Å². The van der Waals surface area contributed by atoms with Gasteiger partial charge >= 0.3 is 0 Å². The molecule has 0 aliphatic rings. The summed E-state index contributed by atoms with van der Waals surface area (Å²) in [6, 6.07) is 12.6. The van der Waals surface area contributed by atoms with Gasteiger partial charge in [-0.15, -0.1) is 0 Å². The topological polar surface area (TPSA) is 67.9 Å². The Morgan fingerprint density at radius 3 is 2.31 bits per heavy atom. The van der Waals surface area contributed by atoms with Crippen molar-refractivity contribution in [1.82, 2.24) is 5.32 Å². The summed E-state index contributed by atoms with van der Waals surface area (Å²) in [5, 5.41) is 2.84. The number of hydrogen-bond donors (Lipinski definition) is 1. The normalized spacial score (nSPS) is 10.2. The Balaban J connectivity index is 2.06. The van der Waals surface area contributed by atoms with Crippen molar-refractivity contribution in [2.24, 2.45) is 0 Å². The molecule has 1 N–H and O–H groups in total. The molecule has 138 valence electrons. The predicted octanol–water partition coefficient (Wildman–Crippen LogP) is 2.80. The number of carbonyl (C=O) groups excluding carboxylic acids is 2. The SMILES string of the molecule is COc1ccc(N(CCNC(=O)c2ccc(C)cc2)C(C)=O)c(OC)c1. The third kappa shape index (κ3) is 4.75. The fourth-order valence-corrected chi connectivity index (χ4v) is 2.54. The second kappa shape index (κ2) is 8.89. The molecule has 0 radical (unpaired) electrons. The smallest absolute Gasteiger partial charge is 0.251 e. The molecule has 2 amide bonds. The molecule has 6 nitrogen and oxygen atoms in total. The zero-order valence-electron chi connectivity index (χ0n) is 15.5. The summed E-state index contributed by atoms with van der Waals surface area (Å²) in [4.78, 5) is 25.8. The van der Waals surface area contributed by atoms with Gasteiger partial charge in [-0.1, -0.05) is 17.7 Å². The van der Waals surface area contributed by atoms with Crippen molar-refractivity contribution in [3.8, 4) is 11.5 Å². The van der Waals surface area contributed by atoms with E-state index in [1.807, 2.05) is 19.1 Å². The molecule has 0 aliphatic carbocycles. The lowest BCUT2D eigenvalue weighted by molar-refractivity contribution is -0.116. The summed E-state index contributed by atoms with van der Waals surface area (Å²) in [5.74, 6) is 0.861. The van der Waals surface area contributed by atoms with Gasteiger partial charge in [0.15, 0.2) is 0 Å². The zero-order chi connectivity index (χ0) is 19.1. The number of aryl methyl sites for hydroxylation is 1. The summed E-state index contributed by atoms with van der Waals surface area (Å²) in [6.07, 6.45) is 0. The van der Waals surface area contributed by atoms with Gasteiger partial charge in [-0.25, -0.2) is 0 Å². The monoisotopic (exact) mass is 356 g/mol. The highest BCUT2D eigenvalue weighted by Crippen LogP contribution is 2.32. The Morgan fingerprint density at radius 2 is 1.73 bits per heavy atom. The quantitative estimate of drug-likeness (QED) is 0.828. The van der Waals surface area contributed by atoms with Crippen molar-refractivity contribution in [3.63, 3.8) is 0 Å². The van der Waals surface area contributed by atoms with Crippen molar-refractivity contribution in [2.75, 3.05) is 32.2 Å². The maximum atomic E-state index is 12.2. The van der Waals surface area contributed by atoms with Crippen molar-refractivity contribution in [3.05, 3.63) is 53.6 Å². The van der Waals surface area contributed by atoms with Crippen LogP contribution < -0.4 is 19.7 Å². The third-order valence-electron chi connectivity index (χ3n) is 3.99. The van der Waals surface area contributed by atoms with E-state index in [1.54, 1.807) is 42.3 Å². The molecule has 0 saturated carbocycles. The highest BCUT2D eigenvalue weighted by Gasteiger charge is 2.17. The second-order valence-electron chi connectivity index (χ2n) is 5.83. The van der Waals surface area contributed by atoms with Crippen LogP contribution in [0.15, 0.2) is 42.5 Å². The van der Waals surface area contributed by atoms with Crippen LogP contribution >= 0.6 is 0 Å². The molecule has 0 spiro atoms. The molecule has 2 rings (SSSR count). The lowest BCUT2D eigenvalue weighted by Crippen LogP contribution is -2.37. The van der Waals surface area contributed by atoms with Gasteiger partial charge in [0.1, 0.15) is 11.5 Å². The summed E-state index contributed by atoms with van der Waals surface area (Å²) >= 11 is 0. The number of methoxy groups -OCH3 is 2. The Kier molecular flexibility index (Phi) is 6.60. The molecular formula is C20H24N2O4. The first-order valence-electron chi connectivity index (χ1n) is 8.31. The van der Waals surface area contributed by atoms with E-state index in [2.05, 4.69) is 5.32 Å². The summed E-state index contributed by atoms with van der Waals surface area (Å²) in [7, 11) is 3.10. The van der Waals surface area contributed by atoms with Gasteiger partial charge in [0.05, 0.1) is 19.9 Å². The minimum Gasteiger partial charge on any atom is -0.497 e. The van der Waals surface area contributed by atoms with E-state index >= 15 is 0 Å². The highest BCUT2D eigenvalue weighted by atomic mass is 16.5. The first-order chi connectivity index (χ1) is 12.5. The van der Waals surface area contributed by atoms with E-state index in [0.29, 0.717) is 35.8 Å². The van der Waals surface area contributed by atoms with Crippen LogP contribution in [0, 0.1) is 6.92 Å². The Morgan fingerprint density at radius 1 is 1.04 bits per heavy atom. The lowest BCUT2D eigenvalue weighted by Gasteiger charge is -2.23. The van der Waals surface area contributed by atoms with E-state index in [9.17, 15) is 9.59 Å². The van der Waals surface area contributed by atoms with Crippen LogP contribution in [0.4, 0.5) is 5.69 Å². The molecule has 0 heterocycles. The van der Waals surface area contributed by atoms with Gasteiger partial charge in [-0.2, -0.15) is 0 Å². The van der Waals surface area contributed by atoms with Crippen LogP contribution in [0.5, 0.6) is 11.5 Å². The van der Waals surface area contributed by atoms with Gasteiger partial charge in [-0.05, 0) is 31.2 Å². The number of carbonyl (C=O) groups is 2. The number of nitrogens with one attached hydrogen (secondary N) is 1. The summed E-state index contributed by atoms with van der Waals surface area (Å²) in [6.45, 7) is 4.09. The van der Waals surface area contributed by atoms with E-state index in [1.165, 1.54) is 14.0 Å². The largest absolute Gasteiger partial charge is 0.497 e. The number of anilines is 1. The zero-order valence-corrected chi connectivity index (χ0v) is 15.5. The van der Waals surface area contributed by atoms with Gasteiger partial charge in [0, 0.05) is 31.6 Å². The van der Waals surface area contributed by atoms with Crippen LogP contribution in [-0.2, 0) is 4.79 Å². The molecule has 0 saturated heterocycles. The minimum absolute atomic E-state index is 0.141. The molecule has 0 bridgehead atoms. The van der Waals surface area contributed by atoms with Crippen LogP contribution in [0.25, 0.3) is 0 Å².